The predicted molar refractivity (Wildman–Crippen MR) is 118 cm³/mol. The van der Waals surface area contributed by atoms with Gasteiger partial charge in [-0.2, -0.15) is 5.10 Å². The van der Waals surface area contributed by atoms with Crippen molar-refractivity contribution in [2.75, 3.05) is 5.32 Å². The molecule has 4 aromatic rings. The number of anilines is 1. The molecule has 1 amide bonds. The monoisotopic (exact) mass is 480 g/mol. The van der Waals surface area contributed by atoms with Gasteiger partial charge in [-0.15, -0.1) is 5.10 Å². The topological polar surface area (TPSA) is 88.5 Å². The first-order valence-corrected chi connectivity index (χ1v) is 10.1. The number of aromatic amines is 1. The molecule has 0 bridgehead atoms. The Hall–Kier alpha value is -2.58. The fraction of sp³-hybridized carbons (Fsp3) is 0.0526. The average Bonchev–Trinajstić information content (AvgIpc) is 3.35. The molecule has 0 atom stereocenters. The molecule has 0 radical (unpaired) electrons. The Balaban J connectivity index is 1.47. The minimum Gasteiger partial charge on any atom is -0.288 e. The lowest BCUT2D eigenvalue weighted by Crippen LogP contribution is -2.14. The van der Waals surface area contributed by atoms with Crippen LogP contribution < -0.4 is 5.32 Å². The van der Waals surface area contributed by atoms with E-state index in [9.17, 15) is 4.79 Å². The summed E-state index contributed by atoms with van der Waals surface area (Å²) in [5, 5.41) is 15.6. The van der Waals surface area contributed by atoms with Crippen molar-refractivity contribution in [2.24, 2.45) is 0 Å². The largest absolute Gasteiger partial charge is 0.288 e. The van der Waals surface area contributed by atoms with Crippen molar-refractivity contribution in [3.05, 3.63) is 80.1 Å². The molecule has 0 spiro atoms. The van der Waals surface area contributed by atoms with Crippen LogP contribution in [-0.4, -0.2) is 30.9 Å². The van der Waals surface area contributed by atoms with Crippen molar-refractivity contribution in [1.29, 1.82) is 0 Å². The van der Waals surface area contributed by atoms with Gasteiger partial charge in [-0.1, -0.05) is 52.5 Å². The predicted octanol–water partition coefficient (Wildman–Crippen LogP) is 5.58. The van der Waals surface area contributed by atoms with Gasteiger partial charge in [-0.3, -0.25) is 15.2 Å². The van der Waals surface area contributed by atoms with Crippen LogP contribution in [0.2, 0.25) is 20.1 Å². The van der Waals surface area contributed by atoms with E-state index in [4.69, 9.17) is 46.4 Å². The normalized spacial score (nSPS) is 10.9. The molecule has 2 aromatic heterocycles. The van der Waals surface area contributed by atoms with Crippen molar-refractivity contribution < 1.29 is 4.79 Å². The van der Waals surface area contributed by atoms with Crippen LogP contribution in [-0.2, 0) is 6.54 Å². The van der Waals surface area contributed by atoms with E-state index in [-0.39, 0.29) is 11.6 Å². The maximum atomic E-state index is 12.5. The molecule has 7 nitrogen and oxygen atoms in total. The van der Waals surface area contributed by atoms with Gasteiger partial charge < -0.3 is 0 Å². The third-order valence-corrected chi connectivity index (χ3v) is 5.43. The van der Waals surface area contributed by atoms with Crippen molar-refractivity contribution in [1.82, 2.24) is 25.0 Å². The number of aromatic nitrogens is 5. The van der Waals surface area contributed by atoms with E-state index in [0.717, 1.165) is 0 Å². The zero-order valence-corrected chi connectivity index (χ0v) is 18.1. The van der Waals surface area contributed by atoms with Crippen LogP contribution in [0.1, 0.15) is 16.1 Å². The van der Waals surface area contributed by atoms with Crippen LogP contribution in [0.5, 0.6) is 0 Å². The third-order valence-electron chi connectivity index (χ3n) is 4.17. The van der Waals surface area contributed by atoms with Gasteiger partial charge in [-0.05, 0) is 36.4 Å². The SMILES string of the molecule is O=C(Nc1ncn(Cc2c(Cl)cccc2Cl)n1)c1cc(-c2ccc(Cl)cc2Cl)n[nH]1. The molecule has 30 heavy (non-hydrogen) atoms. The Labute approximate surface area is 190 Å². The number of rotatable bonds is 5. The zero-order valence-electron chi connectivity index (χ0n) is 15.0. The van der Waals surface area contributed by atoms with E-state index in [0.29, 0.717) is 43.5 Å². The number of halogens is 4. The summed E-state index contributed by atoms with van der Waals surface area (Å²) >= 11 is 24.5. The Bertz CT molecular complexity index is 1220. The van der Waals surface area contributed by atoms with Gasteiger partial charge in [0, 0.05) is 26.2 Å². The van der Waals surface area contributed by atoms with Crippen LogP contribution in [0.25, 0.3) is 11.3 Å². The summed E-state index contributed by atoms with van der Waals surface area (Å²) in [4.78, 5) is 16.6. The van der Waals surface area contributed by atoms with Gasteiger partial charge in [0.05, 0.1) is 17.3 Å². The molecule has 0 unspecified atom stereocenters. The summed E-state index contributed by atoms with van der Waals surface area (Å²) in [6, 6.07) is 11.8. The lowest BCUT2D eigenvalue weighted by molar-refractivity contribution is 0.102. The quantitative estimate of drug-likeness (QED) is 0.389. The van der Waals surface area contributed by atoms with Crippen molar-refractivity contribution in [3.8, 4) is 11.3 Å². The summed E-state index contributed by atoms with van der Waals surface area (Å²) in [5.41, 5.74) is 2.09. The number of hydrogen-bond acceptors (Lipinski definition) is 4. The van der Waals surface area contributed by atoms with Gasteiger partial charge in [0.1, 0.15) is 12.0 Å². The minimum absolute atomic E-state index is 0.129. The van der Waals surface area contributed by atoms with Crippen LogP contribution in [0, 0.1) is 0 Å². The highest BCUT2D eigenvalue weighted by Gasteiger charge is 2.15. The maximum Gasteiger partial charge on any atom is 0.276 e. The van der Waals surface area contributed by atoms with E-state index in [1.54, 1.807) is 42.5 Å². The molecular weight excluding hydrogens is 470 g/mol. The minimum atomic E-state index is -0.452. The van der Waals surface area contributed by atoms with Crippen LogP contribution >= 0.6 is 46.4 Å². The van der Waals surface area contributed by atoms with E-state index in [1.807, 2.05) is 0 Å². The number of hydrogen-bond donors (Lipinski definition) is 2. The molecule has 152 valence electrons. The summed E-state index contributed by atoms with van der Waals surface area (Å²) in [7, 11) is 0. The van der Waals surface area contributed by atoms with E-state index >= 15 is 0 Å². The fourth-order valence-electron chi connectivity index (χ4n) is 2.72. The second-order valence-electron chi connectivity index (χ2n) is 6.21. The number of amides is 1. The number of benzene rings is 2. The third kappa shape index (κ3) is 4.44. The smallest absolute Gasteiger partial charge is 0.276 e. The summed E-state index contributed by atoms with van der Waals surface area (Å²) in [5.74, 6) is -0.323. The Morgan fingerprint density at radius 1 is 1.03 bits per heavy atom. The first-order valence-electron chi connectivity index (χ1n) is 8.55. The van der Waals surface area contributed by atoms with Gasteiger partial charge in [0.15, 0.2) is 0 Å². The molecule has 0 saturated carbocycles. The molecule has 0 aliphatic heterocycles. The first kappa shape index (κ1) is 20.7. The molecule has 0 saturated heterocycles. The second kappa shape index (κ2) is 8.65. The summed E-state index contributed by atoms with van der Waals surface area (Å²) in [6.07, 6.45) is 1.47. The van der Waals surface area contributed by atoms with Crippen molar-refractivity contribution >= 4 is 58.3 Å². The second-order valence-corrected chi connectivity index (χ2v) is 7.87. The lowest BCUT2D eigenvalue weighted by atomic mass is 10.1. The molecule has 2 aromatic carbocycles. The lowest BCUT2D eigenvalue weighted by Gasteiger charge is -2.06. The van der Waals surface area contributed by atoms with Crippen LogP contribution in [0.3, 0.4) is 0 Å². The molecule has 2 N–H and O–H groups in total. The Morgan fingerprint density at radius 3 is 2.53 bits per heavy atom. The Morgan fingerprint density at radius 2 is 1.80 bits per heavy atom. The highest BCUT2D eigenvalue weighted by Crippen LogP contribution is 2.29. The van der Waals surface area contributed by atoms with Crippen molar-refractivity contribution in [3.63, 3.8) is 0 Å². The number of nitrogens with zero attached hydrogens (tertiary/aromatic N) is 4. The zero-order chi connectivity index (χ0) is 21.3. The first-order chi connectivity index (χ1) is 14.4. The van der Waals surface area contributed by atoms with Gasteiger partial charge in [-0.25, -0.2) is 9.67 Å². The average molecular weight is 482 g/mol. The van der Waals surface area contributed by atoms with Crippen LogP contribution in [0.4, 0.5) is 5.95 Å². The van der Waals surface area contributed by atoms with E-state index < -0.39 is 5.91 Å². The molecule has 0 aliphatic carbocycles. The number of carbonyl (C=O) groups excluding carboxylic acids is 1. The molecule has 4 rings (SSSR count). The summed E-state index contributed by atoms with van der Waals surface area (Å²) < 4.78 is 1.52. The van der Waals surface area contributed by atoms with Gasteiger partial charge in [0.25, 0.3) is 5.91 Å². The fourth-order valence-corrected chi connectivity index (χ4v) is 3.74. The molecule has 0 fully saturated rings. The Kier molecular flexibility index (Phi) is 5.97. The number of nitrogens with one attached hydrogen (secondary N) is 2. The van der Waals surface area contributed by atoms with Gasteiger partial charge >= 0.3 is 0 Å². The molecule has 2 heterocycles. The molecular formula is C19H12Cl4N6O. The maximum absolute atomic E-state index is 12.5. The van der Waals surface area contributed by atoms with E-state index in [2.05, 4.69) is 25.6 Å². The number of carbonyl (C=O) groups is 1. The number of H-pyrrole nitrogens is 1. The summed E-state index contributed by atoms with van der Waals surface area (Å²) in [6.45, 7) is 0.310. The van der Waals surface area contributed by atoms with Crippen molar-refractivity contribution in [2.45, 2.75) is 6.54 Å². The standard InChI is InChI=1S/C19H12Cl4N6O/c20-10-4-5-11(15(23)6-10)16-7-17(27-26-16)18(30)25-19-24-9-29(28-19)8-12-13(21)2-1-3-14(12)22/h1-7,9H,8H2,(H,26,27)(H,25,28,30). The highest BCUT2D eigenvalue weighted by atomic mass is 35.5. The van der Waals surface area contributed by atoms with E-state index in [1.165, 1.54) is 11.0 Å². The molecule has 0 aliphatic rings. The molecule has 11 heteroatoms. The highest BCUT2D eigenvalue weighted by molar-refractivity contribution is 6.36. The van der Waals surface area contributed by atoms with Gasteiger partial charge in [0.2, 0.25) is 5.95 Å². The van der Waals surface area contributed by atoms with Crippen LogP contribution in [0.15, 0.2) is 48.8 Å².